The third-order valence-corrected chi connectivity index (χ3v) is 3.90. The highest BCUT2D eigenvalue weighted by Gasteiger charge is 2.17. The van der Waals surface area contributed by atoms with Crippen LogP contribution in [-0.4, -0.2) is 46.7 Å². The summed E-state index contributed by atoms with van der Waals surface area (Å²) in [5.41, 5.74) is 2.21. The van der Waals surface area contributed by atoms with Gasteiger partial charge in [0.1, 0.15) is 0 Å². The summed E-state index contributed by atoms with van der Waals surface area (Å²) in [6, 6.07) is 13.9. The van der Waals surface area contributed by atoms with E-state index in [1.54, 1.807) is 24.3 Å². The molecule has 0 saturated carbocycles. The van der Waals surface area contributed by atoms with Crippen LogP contribution >= 0.6 is 0 Å². The third-order valence-electron chi connectivity index (χ3n) is 3.90. The van der Waals surface area contributed by atoms with E-state index in [2.05, 4.69) is 17.1 Å². The maximum atomic E-state index is 12.6. The van der Waals surface area contributed by atoms with Gasteiger partial charge in [-0.25, -0.2) is 0 Å². The van der Waals surface area contributed by atoms with E-state index in [0.29, 0.717) is 13.1 Å². The van der Waals surface area contributed by atoms with E-state index in [1.165, 1.54) is 17.4 Å². The number of hydrogen-bond donors (Lipinski definition) is 0. The van der Waals surface area contributed by atoms with Crippen molar-refractivity contribution >= 4 is 11.8 Å². The topological polar surface area (TPSA) is 53.5 Å². The van der Waals surface area contributed by atoms with E-state index in [9.17, 15) is 9.59 Å². The maximum absolute atomic E-state index is 12.6. The van der Waals surface area contributed by atoms with Crippen LogP contribution in [0.1, 0.15) is 18.1 Å². The van der Waals surface area contributed by atoms with Crippen LogP contribution in [0.2, 0.25) is 0 Å². The number of pyridine rings is 1. The van der Waals surface area contributed by atoms with E-state index < -0.39 is 0 Å². The van der Waals surface area contributed by atoms with Crippen molar-refractivity contribution in [1.82, 2.24) is 14.8 Å². The first-order valence-electron chi connectivity index (χ1n) is 7.98. The molecule has 0 aliphatic rings. The Labute approximate surface area is 142 Å². The fourth-order valence-electron chi connectivity index (χ4n) is 2.32. The molecule has 126 valence electrons. The molecule has 2 aromatic rings. The molecule has 0 saturated heterocycles. The Morgan fingerprint density at radius 1 is 1.00 bits per heavy atom. The zero-order chi connectivity index (χ0) is 17.4. The first kappa shape index (κ1) is 17.7. The lowest BCUT2D eigenvalue weighted by Gasteiger charge is -2.25. The Bertz CT molecular complexity index is 659. The number of nitrogens with zero attached hydrogens (tertiary/aromatic N) is 3. The molecule has 5 nitrogen and oxygen atoms in total. The molecule has 1 aromatic carbocycles. The number of hydrogen-bond acceptors (Lipinski definition) is 3. The molecule has 24 heavy (non-hydrogen) atoms. The summed E-state index contributed by atoms with van der Waals surface area (Å²) in [7, 11) is 1.64. The largest absolute Gasteiger partial charge is 0.337 e. The minimum absolute atomic E-state index is 0.0551. The Kier molecular flexibility index (Phi) is 6.49. The summed E-state index contributed by atoms with van der Waals surface area (Å²) in [6.45, 7) is 2.68. The molecule has 0 bridgehead atoms. The summed E-state index contributed by atoms with van der Waals surface area (Å²) in [5, 5.41) is 0. The monoisotopic (exact) mass is 325 g/mol. The van der Waals surface area contributed by atoms with Crippen LogP contribution < -0.4 is 0 Å². The molecule has 0 unspecified atom stereocenters. The second-order valence-corrected chi connectivity index (χ2v) is 5.78. The molecule has 0 N–H and O–H groups in total. The van der Waals surface area contributed by atoms with Gasteiger partial charge in [0.15, 0.2) is 0 Å². The average Bonchev–Trinajstić information content (AvgIpc) is 2.60. The summed E-state index contributed by atoms with van der Waals surface area (Å²) in [6.07, 6.45) is 4.22. The lowest BCUT2D eigenvalue weighted by molar-refractivity contribution is -0.138. The molecule has 2 amide bonds. The highest BCUT2D eigenvalue weighted by molar-refractivity contribution is 5.83. The molecule has 0 aliphatic heterocycles. The van der Waals surface area contributed by atoms with Crippen LogP contribution in [-0.2, 0) is 22.6 Å². The number of likely N-dealkylation sites (N-methyl/N-ethyl adjacent to an activating group) is 1. The molecule has 0 spiro atoms. The smallest absolute Gasteiger partial charge is 0.242 e. The summed E-state index contributed by atoms with van der Waals surface area (Å²) < 4.78 is 0. The zero-order valence-corrected chi connectivity index (χ0v) is 14.2. The molecule has 0 atom stereocenters. The Hall–Kier alpha value is -2.69. The van der Waals surface area contributed by atoms with Crippen LogP contribution in [0.4, 0.5) is 0 Å². The normalized spacial score (nSPS) is 10.2. The number of carbonyl (C=O) groups is 2. The predicted molar refractivity (Wildman–Crippen MR) is 93.1 cm³/mol. The minimum Gasteiger partial charge on any atom is -0.337 e. The Morgan fingerprint density at radius 3 is 2.29 bits per heavy atom. The summed E-state index contributed by atoms with van der Waals surface area (Å²) in [4.78, 5) is 31.2. The van der Waals surface area contributed by atoms with Gasteiger partial charge in [0, 0.05) is 39.5 Å². The number of rotatable bonds is 7. The fourth-order valence-corrected chi connectivity index (χ4v) is 2.32. The molecular weight excluding hydrogens is 302 g/mol. The zero-order valence-electron chi connectivity index (χ0n) is 14.2. The van der Waals surface area contributed by atoms with Crippen LogP contribution in [0.25, 0.3) is 0 Å². The average molecular weight is 325 g/mol. The quantitative estimate of drug-likeness (QED) is 0.784. The molecule has 5 heteroatoms. The van der Waals surface area contributed by atoms with Gasteiger partial charge in [0.05, 0.1) is 6.54 Å². The van der Waals surface area contributed by atoms with Crippen molar-refractivity contribution in [2.24, 2.45) is 0 Å². The standard InChI is InChI=1S/C19H23N3O2/c1-16(23)21(2)15-19(24)22(14-18-8-11-20-12-9-18)13-10-17-6-4-3-5-7-17/h3-9,11-12H,10,13-15H2,1-2H3. The van der Waals surface area contributed by atoms with Crippen molar-refractivity contribution in [3.05, 3.63) is 66.0 Å². The molecule has 0 radical (unpaired) electrons. The van der Waals surface area contributed by atoms with Crippen molar-refractivity contribution in [2.75, 3.05) is 20.1 Å². The number of carbonyl (C=O) groups excluding carboxylic acids is 2. The lowest BCUT2D eigenvalue weighted by Crippen LogP contribution is -2.41. The number of benzene rings is 1. The van der Waals surface area contributed by atoms with Crippen LogP contribution in [0.15, 0.2) is 54.9 Å². The fraction of sp³-hybridized carbons (Fsp3) is 0.316. The summed E-state index contributed by atoms with van der Waals surface area (Å²) >= 11 is 0. The van der Waals surface area contributed by atoms with Gasteiger partial charge in [-0.2, -0.15) is 0 Å². The lowest BCUT2D eigenvalue weighted by atomic mass is 10.1. The van der Waals surface area contributed by atoms with Gasteiger partial charge in [-0.3, -0.25) is 14.6 Å². The van der Waals surface area contributed by atoms with Gasteiger partial charge in [-0.1, -0.05) is 30.3 Å². The van der Waals surface area contributed by atoms with Crippen LogP contribution in [0.5, 0.6) is 0 Å². The maximum Gasteiger partial charge on any atom is 0.242 e. The van der Waals surface area contributed by atoms with Crippen LogP contribution in [0, 0.1) is 0 Å². The minimum atomic E-state index is -0.115. The molecule has 1 heterocycles. The second-order valence-electron chi connectivity index (χ2n) is 5.78. The van der Waals surface area contributed by atoms with Crippen molar-refractivity contribution in [3.8, 4) is 0 Å². The van der Waals surface area contributed by atoms with Crippen molar-refractivity contribution < 1.29 is 9.59 Å². The van der Waals surface area contributed by atoms with Crippen LogP contribution in [0.3, 0.4) is 0 Å². The van der Waals surface area contributed by atoms with Gasteiger partial charge in [0.2, 0.25) is 11.8 Å². The van der Waals surface area contributed by atoms with Gasteiger partial charge in [-0.05, 0) is 29.7 Å². The third kappa shape index (κ3) is 5.50. The number of aromatic nitrogens is 1. The van der Waals surface area contributed by atoms with Gasteiger partial charge in [0.25, 0.3) is 0 Å². The van der Waals surface area contributed by atoms with E-state index in [1.807, 2.05) is 30.3 Å². The SMILES string of the molecule is CC(=O)N(C)CC(=O)N(CCc1ccccc1)Cc1ccncc1. The second kappa shape index (κ2) is 8.82. The van der Waals surface area contributed by atoms with E-state index >= 15 is 0 Å². The highest BCUT2D eigenvalue weighted by atomic mass is 16.2. The molecule has 0 aliphatic carbocycles. The highest BCUT2D eigenvalue weighted by Crippen LogP contribution is 2.08. The van der Waals surface area contributed by atoms with Crippen molar-refractivity contribution in [1.29, 1.82) is 0 Å². The molecule has 2 rings (SSSR count). The van der Waals surface area contributed by atoms with E-state index in [0.717, 1.165) is 12.0 Å². The molecule has 0 fully saturated rings. The van der Waals surface area contributed by atoms with Gasteiger partial charge < -0.3 is 9.80 Å². The first-order chi connectivity index (χ1) is 11.6. The molecule has 1 aromatic heterocycles. The van der Waals surface area contributed by atoms with Gasteiger partial charge >= 0.3 is 0 Å². The molecular formula is C19H23N3O2. The first-order valence-corrected chi connectivity index (χ1v) is 7.98. The predicted octanol–water partition coefficient (Wildman–Crippen LogP) is 2.13. The Morgan fingerprint density at radius 2 is 1.67 bits per heavy atom. The Balaban J connectivity index is 2.05. The van der Waals surface area contributed by atoms with Gasteiger partial charge in [-0.15, -0.1) is 0 Å². The summed E-state index contributed by atoms with van der Waals surface area (Å²) in [5.74, 6) is -0.171. The van der Waals surface area contributed by atoms with Crippen molar-refractivity contribution in [2.45, 2.75) is 19.9 Å². The number of amides is 2. The van der Waals surface area contributed by atoms with E-state index in [-0.39, 0.29) is 18.4 Å². The van der Waals surface area contributed by atoms with E-state index in [4.69, 9.17) is 0 Å². The van der Waals surface area contributed by atoms with Crippen molar-refractivity contribution in [3.63, 3.8) is 0 Å².